The van der Waals surface area contributed by atoms with E-state index < -0.39 is 35.8 Å². The Hall–Kier alpha value is -2.52. The summed E-state index contributed by atoms with van der Waals surface area (Å²) in [5.74, 6) is -1.57. The van der Waals surface area contributed by atoms with E-state index in [0.29, 0.717) is 12.0 Å². The van der Waals surface area contributed by atoms with Crippen molar-refractivity contribution >= 4 is 12.3 Å². The van der Waals surface area contributed by atoms with E-state index in [2.05, 4.69) is 5.32 Å². The molecule has 0 aromatic heterocycles. The van der Waals surface area contributed by atoms with Gasteiger partial charge in [0.05, 0.1) is 17.8 Å². The predicted molar refractivity (Wildman–Crippen MR) is 79.7 cm³/mol. The van der Waals surface area contributed by atoms with Gasteiger partial charge in [-0.2, -0.15) is 0 Å². The number of hydrogen-bond donors (Lipinski definition) is 5. The number of fused-ring (bicyclic) bond motifs is 1. The molecule has 1 aromatic rings. The molecule has 9 heteroatoms. The number of aromatic hydroxyl groups is 1. The van der Waals surface area contributed by atoms with Crippen LogP contribution in [0.1, 0.15) is 34.7 Å². The number of aliphatic hydroxyl groups is 2. The molecule has 1 aliphatic carbocycles. The second-order valence-corrected chi connectivity index (χ2v) is 5.89. The van der Waals surface area contributed by atoms with E-state index in [0.717, 1.165) is 0 Å². The summed E-state index contributed by atoms with van der Waals surface area (Å²) in [4.78, 5) is 22.7. The summed E-state index contributed by atoms with van der Waals surface area (Å²) in [5, 5.41) is 32.7. The Labute approximate surface area is 137 Å². The van der Waals surface area contributed by atoms with Crippen LogP contribution < -0.4 is 20.5 Å². The number of nitrogens with one attached hydrogen (secondary N) is 1. The van der Waals surface area contributed by atoms with Crippen LogP contribution in [0.5, 0.6) is 17.2 Å². The Bertz CT molecular complexity index is 678. The number of ether oxygens (including phenoxy) is 2. The van der Waals surface area contributed by atoms with Gasteiger partial charge in [-0.15, -0.1) is 0 Å². The first-order valence-electron chi connectivity index (χ1n) is 7.45. The molecule has 1 heterocycles. The molecular weight excluding hydrogens is 320 g/mol. The summed E-state index contributed by atoms with van der Waals surface area (Å²) in [6.45, 7) is -0.105. The molecular formula is C15H18N2O7. The average Bonchev–Trinajstić information content (AvgIpc) is 2.99. The van der Waals surface area contributed by atoms with Crippen LogP contribution in [0.2, 0.25) is 0 Å². The second-order valence-electron chi connectivity index (χ2n) is 5.89. The van der Waals surface area contributed by atoms with Crippen LogP contribution >= 0.6 is 0 Å². The fourth-order valence-corrected chi connectivity index (χ4v) is 3.37. The molecule has 24 heavy (non-hydrogen) atoms. The summed E-state index contributed by atoms with van der Waals surface area (Å²) in [7, 11) is 0. The standard InChI is InChI=1S/C15H18N2O7/c16-15(22)12-7(2-11-14(13(12)21)24-5-23-11)6-1-9(19)10(20)3-8(6)17-4-18/h2,4,6,8-10,19-21H,1,3,5H2,(H2,16,22)(H,17,18)/t6-,8?,9?,10?/m0/s1. The van der Waals surface area contributed by atoms with E-state index in [1.54, 1.807) is 0 Å². The van der Waals surface area contributed by atoms with Crippen molar-refractivity contribution in [2.75, 3.05) is 6.79 Å². The molecule has 3 rings (SSSR count). The lowest BCUT2D eigenvalue weighted by molar-refractivity contribution is -0.111. The van der Waals surface area contributed by atoms with Crippen LogP contribution in [-0.2, 0) is 4.79 Å². The predicted octanol–water partition coefficient (Wildman–Crippen LogP) is -1.07. The molecule has 2 amide bonds. The Morgan fingerprint density at radius 3 is 2.67 bits per heavy atom. The number of rotatable bonds is 4. The van der Waals surface area contributed by atoms with Crippen molar-refractivity contribution in [3.63, 3.8) is 0 Å². The lowest BCUT2D eigenvalue weighted by Gasteiger charge is -2.37. The zero-order chi connectivity index (χ0) is 17.4. The van der Waals surface area contributed by atoms with Crippen molar-refractivity contribution in [2.45, 2.75) is 37.0 Å². The van der Waals surface area contributed by atoms with Crippen molar-refractivity contribution in [1.82, 2.24) is 5.32 Å². The molecule has 0 radical (unpaired) electrons. The Kier molecular flexibility index (Phi) is 4.20. The number of amides is 2. The third-order valence-corrected chi connectivity index (χ3v) is 4.52. The van der Waals surface area contributed by atoms with E-state index in [9.17, 15) is 24.9 Å². The molecule has 9 nitrogen and oxygen atoms in total. The Morgan fingerprint density at radius 2 is 2.00 bits per heavy atom. The molecule has 1 saturated carbocycles. The molecule has 0 spiro atoms. The van der Waals surface area contributed by atoms with Crippen LogP contribution in [0.25, 0.3) is 0 Å². The van der Waals surface area contributed by atoms with E-state index in [-0.39, 0.29) is 36.7 Å². The number of hydrogen-bond acceptors (Lipinski definition) is 7. The fourth-order valence-electron chi connectivity index (χ4n) is 3.37. The van der Waals surface area contributed by atoms with E-state index in [1.807, 2.05) is 0 Å². The lowest BCUT2D eigenvalue weighted by atomic mass is 9.75. The van der Waals surface area contributed by atoms with Gasteiger partial charge in [-0.3, -0.25) is 9.59 Å². The van der Waals surface area contributed by atoms with Crippen molar-refractivity contribution in [3.8, 4) is 17.2 Å². The third-order valence-electron chi connectivity index (χ3n) is 4.52. The molecule has 0 bridgehead atoms. The number of carbonyl (C=O) groups is 2. The summed E-state index contributed by atoms with van der Waals surface area (Å²) < 4.78 is 10.4. The van der Waals surface area contributed by atoms with Crippen molar-refractivity contribution in [1.29, 1.82) is 0 Å². The minimum absolute atomic E-state index is 0.0313. The molecule has 3 unspecified atom stereocenters. The topological polar surface area (TPSA) is 151 Å². The maximum Gasteiger partial charge on any atom is 0.252 e. The summed E-state index contributed by atoms with van der Waals surface area (Å²) >= 11 is 0. The van der Waals surface area contributed by atoms with Crippen molar-refractivity contribution < 1.29 is 34.4 Å². The van der Waals surface area contributed by atoms with E-state index in [1.165, 1.54) is 6.07 Å². The van der Waals surface area contributed by atoms with Gasteiger partial charge in [0.2, 0.25) is 19.0 Å². The zero-order valence-electron chi connectivity index (χ0n) is 12.6. The first kappa shape index (κ1) is 16.3. The molecule has 4 atom stereocenters. The highest BCUT2D eigenvalue weighted by molar-refractivity contribution is 5.99. The molecule has 1 fully saturated rings. The monoisotopic (exact) mass is 338 g/mol. The molecule has 1 aliphatic heterocycles. The smallest absolute Gasteiger partial charge is 0.252 e. The van der Waals surface area contributed by atoms with Crippen molar-refractivity contribution in [2.24, 2.45) is 5.73 Å². The number of primary amides is 1. The summed E-state index contributed by atoms with van der Waals surface area (Å²) in [6, 6.07) is 0.968. The van der Waals surface area contributed by atoms with Gasteiger partial charge < -0.3 is 35.8 Å². The zero-order valence-corrected chi connectivity index (χ0v) is 12.6. The second kappa shape index (κ2) is 6.17. The van der Waals surface area contributed by atoms with Gasteiger partial charge in [0.1, 0.15) is 0 Å². The van der Waals surface area contributed by atoms with Crippen LogP contribution in [0.15, 0.2) is 6.07 Å². The van der Waals surface area contributed by atoms with Gasteiger partial charge in [-0.25, -0.2) is 0 Å². The molecule has 130 valence electrons. The summed E-state index contributed by atoms with van der Waals surface area (Å²) in [6.07, 6.45) is -1.38. The maximum absolute atomic E-state index is 11.9. The van der Waals surface area contributed by atoms with Crippen LogP contribution in [0, 0.1) is 0 Å². The van der Waals surface area contributed by atoms with Crippen molar-refractivity contribution in [3.05, 3.63) is 17.2 Å². The number of carbonyl (C=O) groups excluding carboxylic acids is 2. The largest absolute Gasteiger partial charge is 0.504 e. The molecule has 6 N–H and O–H groups in total. The molecule has 2 aliphatic rings. The van der Waals surface area contributed by atoms with Gasteiger partial charge in [-0.05, 0) is 24.5 Å². The van der Waals surface area contributed by atoms with Crippen LogP contribution in [0.3, 0.4) is 0 Å². The van der Waals surface area contributed by atoms with Gasteiger partial charge in [0.15, 0.2) is 11.5 Å². The van der Waals surface area contributed by atoms with Gasteiger partial charge in [0.25, 0.3) is 5.91 Å². The minimum atomic E-state index is -1.03. The van der Waals surface area contributed by atoms with Gasteiger partial charge in [-0.1, -0.05) is 0 Å². The van der Waals surface area contributed by atoms with Crippen LogP contribution in [-0.4, -0.2) is 52.7 Å². The van der Waals surface area contributed by atoms with Crippen LogP contribution in [0.4, 0.5) is 0 Å². The fraction of sp³-hybridized carbons (Fsp3) is 0.467. The third kappa shape index (κ3) is 2.61. The Balaban J connectivity index is 2.11. The number of benzene rings is 1. The SMILES string of the molecule is NC(=O)c1c([C@@H]2CC(O)C(O)CC2NC=O)cc2c(c1O)OCO2. The van der Waals surface area contributed by atoms with E-state index >= 15 is 0 Å². The van der Waals surface area contributed by atoms with E-state index in [4.69, 9.17) is 15.2 Å². The number of phenols is 1. The number of nitrogens with two attached hydrogens (primary N) is 1. The first-order chi connectivity index (χ1) is 11.4. The molecule has 0 saturated heterocycles. The lowest BCUT2D eigenvalue weighted by Crippen LogP contribution is -2.47. The number of aliphatic hydroxyl groups excluding tert-OH is 2. The first-order valence-corrected chi connectivity index (χ1v) is 7.45. The Morgan fingerprint density at radius 1 is 1.29 bits per heavy atom. The highest BCUT2D eigenvalue weighted by atomic mass is 16.7. The maximum atomic E-state index is 11.9. The molecule has 1 aromatic carbocycles. The highest BCUT2D eigenvalue weighted by Crippen LogP contribution is 2.48. The quantitative estimate of drug-likeness (QED) is 0.439. The normalized spacial score (nSPS) is 28.4. The minimum Gasteiger partial charge on any atom is -0.504 e. The average molecular weight is 338 g/mol. The highest BCUT2D eigenvalue weighted by Gasteiger charge is 2.39. The van der Waals surface area contributed by atoms with Gasteiger partial charge >= 0.3 is 0 Å². The summed E-state index contributed by atoms with van der Waals surface area (Å²) in [5.41, 5.74) is 5.58. The van der Waals surface area contributed by atoms with Gasteiger partial charge in [0, 0.05) is 12.0 Å².